The first-order valence-corrected chi connectivity index (χ1v) is 18.5. The van der Waals surface area contributed by atoms with Crippen molar-refractivity contribution in [3.05, 3.63) is 0 Å². The third-order valence-electron chi connectivity index (χ3n) is 5.60. The van der Waals surface area contributed by atoms with Gasteiger partial charge in [0.1, 0.15) is 0 Å². The minimum atomic E-state index is -2.67. The number of carbonyl (C=O) groups is 1. The maximum Gasteiger partial charge on any atom is 0.501 e. The lowest BCUT2D eigenvalue weighted by atomic mass is 10.2. The van der Waals surface area contributed by atoms with Gasteiger partial charge in [-0.25, -0.2) is 0 Å². The molecule has 2 fully saturated rings. The first-order chi connectivity index (χ1) is 16.3. The van der Waals surface area contributed by atoms with Crippen LogP contribution in [0.25, 0.3) is 0 Å². The lowest BCUT2D eigenvalue weighted by Gasteiger charge is -2.39. The molecule has 0 aromatic rings. The second-order valence-corrected chi connectivity index (χ2v) is 16.0. The molecule has 2 heterocycles. The highest BCUT2D eigenvalue weighted by atomic mass is 32.1. The average Bonchev–Trinajstić information content (AvgIpc) is 2.85. The number of carbonyl (C=O) groups excluding carboxylic acids is 1. The van der Waals surface area contributed by atoms with E-state index in [0.29, 0.717) is 76.4 Å². The summed E-state index contributed by atoms with van der Waals surface area (Å²) >= 11 is 8.45. The van der Waals surface area contributed by atoms with Gasteiger partial charge in [-0.15, -0.1) is 0 Å². The van der Waals surface area contributed by atoms with E-state index in [9.17, 15) is 4.79 Å². The Labute approximate surface area is 218 Å². The molecule has 2 rings (SSSR count). The maximum absolute atomic E-state index is 11.7. The van der Waals surface area contributed by atoms with Crippen molar-refractivity contribution in [3.8, 4) is 0 Å². The number of thiol groups is 2. The second kappa shape index (κ2) is 16.3. The zero-order valence-corrected chi connectivity index (χ0v) is 24.9. The Kier molecular flexibility index (Phi) is 14.6. The highest BCUT2D eigenvalue weighted by Crippen LogP contribution is 2.28. The summed E-state index contributed by atoms with van der Waals surface area (Å²) in [6.07, 6.45) is 4.53. The van der Waals surface area contributed by atoms with E-state index in [1.807, 2.05) is 0 Å². The Hall–Kier alpha value is 0.364. The number of ether oxygens (including phenoxy) is 4. The topological polar surface area (TPSA) is 81.7 Å². The van der Waals surface area contributed by atoms with Crippen molar-refractivity contribution in [3.63, 3.8) is 0 Å². The van der Waals surface area contributed by atoms with Crippen LogP contribution < -0.4 is 0 Å². The number of hydrogen-bond acceptors (Lipinski definition) is 10. The van der Waals surface area contributed by atoms with Gasteiger partial charge in [-0.1, -0.05) is 20.4 Å². The van der Waals surface area contributed by atoms with Crippen molar-refractivity contribution in [2.75, 3.05) is 57.0 Å². The summed E-state index contributed by atoms with van der Waals surface area (Å²) in [7, 11) is -3.70. The Morgan fingerprint density at radius 1 is 1.12 bits per heavy atom. The van der Waals surface area contributed by atoms with E-state index in [-0.39, 0.29) is 11.9 Å². The molecule has 2 aliphatic heterocycles. The minimum Gasteiger partial charge on any atom is -0.466 e. The third-order valence-corrected chi connectivity index (χ3v) is 10.5. The van der Waals surface area contributed by atoms with E-state index >= 15 is 0 Å². The van der Waals surface area contributed by atoms with E-state index in [1.54, 1.807) is 0 Å². The molecule has 0 amide bonds. The molecule has 34 heavy (non-hydrogen) atoms. The van der Waals surface area contributed by atoms with Gasteiger partial charge in [0.05, 0.1) is 22.0 Å². The molecule has 2 saturated heterocycles. The molecule has 1 unspecified atom stereocenters. The quantitative estimate of drug-likeness (QED) is 0.130. The van der Waals surface area contributed by atoms with Crippen LogP contribution in [-0.2, 0) is 37.0 Å². The van der Waals surface area contributed by atoms with Crippen molar-refractivity contribution in [1.29, 1.82) is 0 Å². The summed E-state index contributed by atoms with van der Waals surface area (Å²) in [5, 5.41) is 0. The van der Waals surface area contributed by atoms with Crippen LogP contribution in [0.4, 0.5) is 0 Å². The van der Waals surface area contributed by atoms with Gasteiger partial charge < -0.3 is 32.2 Å². The van der Waals surface area contributed by atoms with Crippen molar-refractivity contribution < 1.29 is 37.0 Å². The second-order valence-electron chi connectivity index (χ2n) is 9.53. The normalized spacial score (nSPS) is 30.7. The number of hydrogen-bond donors (Lipinski definition) is 2. The first-order valence-electron chi connectivity index (χ1n) is 12.5. The zero-order chi connectivity index (χ0) is 24.9. The SMILES string of the molecule is CC(COC1(CCCOC(=O)CCCS)OC[SiH](C)CO1)CO[Si]1(CCCS)OCC(C)CO1. The smallest absolute Gasteiger partial charge is 0.466 e. The van der Waals surface area contributed by atoms with Crippen molar-refractivity contribution >= 4 is 48.8 Å². The Balaban J connectivity index is 1.80. The fourth-order valence-electron chi connectivity index (χ4n) is 3.51. The van der Waals surface area contributed by atoms with Crippen molar-refractivity contribution in [1.82, 2.24) is 0 Å². The minimum absolute atomic E-state index is 0.103. The van der Waals surface area contributed by atoms with Crippen LogP contribution in [0.3, 0.4) is 0 Å². The van der Waals surface area contributed by atoms with Gasteiger partial charge in [0.15, 0.2) is 0 Å². The van der Waals surface area contributed by atoms with E-state index in [1.165, 1.54) is 0 Å². The lowest BCUT2D eigenvalue weighted by molar-refractivity contribution is -0.384. The van der Waals surface area contributed by atoms with Gasteiger partial charge in [-0.05, 0) is 30.8 Å². The third kappa shape index (κ3) is 11.2. The lowest BCUT2D eigenvalue weighted by Crippen LogP contribution is -2.52. The van der Waals surface area contributed by atoms with Gasteiger partial charge in [-0.2, -0.15) is 25.3 Å². The number of rotatable bonds is 16. The van der Waals surface area contributed by atoms with Crippen LogP contribution in [-0.4, -0.2) is 86.5 Å². The summed E-state index contributed by atoms with van der Waals surface area (Å²) in [5.74, 6) is 0.663. The molecular formula is C22H44O8S2Si2. The molecule has 2 aliphatic rings. The Morgan fingerprint density at radius 3 is 2.44 bits per heavy atom. The molecule has 8 nitrogen and oxygen atoms in total. The van der Waals surface area contributed by atoms with Crippen LogP contribution in [0.5, 0.6) is 0 Å². The van der Waals surface area contributed by atoms with Gasteiger partial charge in [0, 0.05) is 63.0 Å². The fourth-order valence-corrected chi connectivity index (χ4v) is 8.20. The van der Waals surface area contributed by atoms with Gasteiger partial charge in [0.2, 0.25) is 0 Å². The summed E-state index contributed by atoms with van der Waals surface area (Å²) < 4.78 is 42.1. The van der Waals surface area contributed by atoms with Gasteiger partial charge in [-0.3, -0.25) is 4.79 Å². The standard InChI is InChI=1S/C22H44O8S2Si2/c1-19(14-28-34(12-6-11-32)29-15-20(2)16-30-34)13-25-22(26-17-33(3)18-27-22)8-5-9-24-21(23)7-4-10-31/h19-20,31-33H,4-18H2,1-3H3. The van der Waals surface area contributed by atoms with E-state index in [0.717, 1.165) is 24.6 Å². The van der Waals surface area contributed by atoms with E-state index in [4.69, 9.17) is 32.2 Å². The molecule has 0 N–H and O–H groups in total. The molecular weight excluding hydrogens is 513 g/mol. The Bertz CT molecular complexity index is 568. The fraction of sp³-hybridized carbons (Fsp3) is 0.955. The summed E-state index contributed by atoms with van der Waals surface area (Å²) in [6, 6.07) is 0.780. The largest absolute Gasteiger partial charge is 0.501 e. The number of esters is 1. The molecule has 0 spiro atoms. The Morgan fingerprint density at radius 2 is 1.79 bits per heavy atom. The predicted molar refractivity (Wildman–Crippen MR) is 142 cm³/mol. The highest BCUT2D eigenvalue weighted by Gasteiger charge is 2.45. The van der Waals surface area contributed by atoms with E-state index in [2.05, 4.69) is 45.7 Å². The predicted octanol–water partition coefficient (Wildman–Crippen LogP) is 3.27. The average molecular weight is 557 g/mol. The molecule has 0 aliphatic carbocycles. The first kappa shape index (κ1) is 30.6. The van der Waals surface area contributed by atoms with Gasteiger partial charge >= 0.3 is 14.8 Å². The molecule has 12 heteroatoms. The molecule has 0 aromatic heterocycles. The molecule has 200 valence electrons. The summed E-state index contributed by atoms with van der Waals surface area (Å²) in [6.45, 7) is 8.98. The van der Waals surface area contributed by atoms with Crippen molar-refractivity contribution in [2.24, 2.45) is 11.8 Å². The monoisotopic (exact) mass is 556 g/mol. The maximum atomic E-state index is 11.7. The van der Waals surface area contributed by atoms with Crippen molar-refractivity contribution in [2.45, 2.75) is 64.5 Å². The van der Waals surface area contributed by atoms with Crippen LogP contribution in [0.15, 0.2) is 0 Å². The molecule has 0 aromatic carbocycles. The van der Waals surface area contributed by atoms with Crippen LogP contribution in [0, 0.1) is 11.8 Å². The molecule has 1 atom stereocenters. The summed E-state index contributed by atoms with van der Waals surface area (Å²) in [5.41, 5.74) is 0. The van der Waals surface area contributed by atoms with Crippen LogP contribution in [0.1, 0.15) is 46.0 Å². The highest BCUT2D eigenvalue weighted by molar-refractivity contribution is 7.80. The zero-order valence-electron chi connectivity index (χ0n) is 21.0. The van der Waals surface area contributed by atoms with Crippen LogP contribution in [0.2, 0.25) is 12.6 Å². The molecule has 0 bridgehead atoms. The van der Waals surface area contributed by atoms with Gasteiger partial charge in [0.25, 0.3) is 5.97 Å². The molecule has 0 radical (unpaired) electrons. The molecule has 0 saturated carbocycles. The van der Waals surface area contributed by atoms with Crippen LogP contribution >= 0.6 is 25.3 Å². The summed E-state index contributed by atoms with van der Waals surface area (Å²) in [4.78, 5) is 11.7. The van der Waals surface area contributed by atoms with E-state index < -0.39 is 23.6 Å².